The molecule has 0 amide bonds. The van der Waals surface area contributed by atoms with Gasteiger partial charge in [0.2, 0.25) is 0 Å². The van der Waals surface area contributed by atoms with E-state index < -0.39 is 0 Å². The summed E-state index contributed by atoms with van der Waals surface area (Å²) in [6.45, 7) is 5.56. The quantitative estimate of drug-likeness (QED) is 0.843. The topological polar surface area (TPSA) is 53.1 Å². The summed E-state index contributed by atoms with van der Waals surface area (Å²) >= 11 is 0. The largest absolute Gasteiger partial charge is 0.492 e. The molecule has 0 saturated carbocycles. The maximum Gasteiger partial charge on any atom is 0.119 e. The van der Waals surface area contributed by atoms with E-state index in [1.807, 2.05) is 25.3 Å². The van der Waals surface area contributed by atoms with Gasteiger partial charge in [-0.3, -0.25) is 0 Å². The fourth-order valence-electron chi connectivity index (χ4n) is 2.07. The minimum Gasteiger partial charge on any atom is -0.492 e. The molecule has 2 rings (SSSR count). The Morgan fingerprint density at radius 1 is 1.30 bits per heavy atom. The van der Waals surface area contributed by atoms with Gasteiger partial charge in [-0.1, -0.05) is 19.1 Å². The minimum absolute atomic E-state index is 0.242. The summed E-state index contributed by atoms with van der Waals surface area (Å²) in [4.78, 5) is 4.19. The van der Waals surface area contributed by atoms with Gasteiger partial charge in [0.1, 0.15) is 18.2 Å². The van der Waals surface area contributed by atoms with E-state index in [9.17, 15) is 0 Å². The number of aromatic nitrogens is 2. The highest BCUT2D eigenvalue weighted by atomic mass is 16.5. The Morgan fingerprint density at radius 3 is 2.65 bits per heavy atom. The first-order valence-corrected chi connectivity index (χ1v) is 7.14. The third-order valence-electron chi connectivity index (χ3n) is 3.47. The van der Waals surface area contributed by atoms with Crippen LogP contribution < -0.4 is 10.5 Å². The molecule has 1 aromatic carbocycles. The van der Waals surface area contributed by atoms with Crippen molar-refractivity contribution in [3.8, 4) is 5.75 Å². The Morgan fingerprint density at radius 2 is 2.05 bits per heavy atom. The molecule has 1 unspecified atom stereocenters. The van der Waals surface area contributed by atoms with Crippen molar-refractivity contribution in [3.63, 3.8) is 0 Å². The molecule has 1 aromatic heterocycles. The monoisotopic (exact) mass is 273 g/mol. The second-order valence-corrected chi connectivity index (χ2v) is 5.03. The van der Waals surface area contributed by atoms with E-state index in [-0.39, 0.29) is 6.04 Å². The lowest BCUT2D eigenvalue weighted by atomic mass is 10.0. The predicted octanol–water partition coefficient (Wildman–Crippen LogP) is 2.55. The zero-order chi connectivity index (χ0) is 14.4. The summed E-state index contributed by atoms with van der Waals surface area (Å²) in [5, 5.41) is 0. The SMILES string of the molecule is CCC(N)Cc1ccc(OCCn2ccnc2C)cc1. The number of rotatable bonds is 7. The van der Waals surface area contributed by atoms with Crippen LogP contribution in [0.3, 0.4) is 0 Å². The Balaban J connectivity index is 1.80. The molecule has 1 heterocycles. The molecule has 0 fully saturated rings. The van der Waals surface area contributed by atoms with Gasteiger partial charge >= 0.3 is 0 Å². The van der Waals surface area contributed by atoms with Crippen molar-refractivity contribution in [2.75, 3.05) is 6.61 Å². The van der Waals surface area contributed by atoms with Crippen LogP contribution in [0.1, 0.15) is 24.7 Å². The molecule has 4 heteroatoms. The Kier molecular flexibility index (Phi) is 5.18. The number of benzene rings is 1. The Hall–Kier alpha value is -1.81. The average molecular weight is 273 g/mol. The molecular weight excluding hydrogens is 250 g/mol. The first-order valence-electron chi connectivity index (χ1n) is 7.14. The van der Waals surface area contributed by atoms with Crippen LogP contribution >= 0.6 is 0 Å². The number of nitrogens with two attached hydrogens (primary N) is 1. The summed E-state index contributed by atoms with van der Waals surface area (Å²) in [6, 6.07) is 8.45. The van der Waals surface area contributed by atoms with Crippen LogP contribution in [0.25, 0.3) is 0 Å². The number of ether oxygens (including phenoxy) is 1. The van der Waals surface area contributed by atoms with E-state index in [2.05, 4.69) is 28.6 Å². The van der Waals surface area contributed by atoms with Crippen LogP contribution in [-0.2, 0) is 13.0 Å². The lowest BCUT2D eigenvalue weighted by molar-refractivity contribution is 0.297. The highest BCUT2D eigenvalue weighted by Gasteiger charge is 2.02. The molecule has 0 saturated heterocycles. The molecule has 0 spiro atoms. The fourth-order valence-corrected chi connectivity index (χ4v) is 2.07. The maximum atomic E-state index is 5.95. The Bertz CT molecular complexity index is 519. The van der Waals surface area contributed by atoms with Crippen molar-refractivity contribution in [2.24, 2.45) is 5.73 Å². The first-order chi connectivity index (χ1) is 9.69. The zero-order valence-electron chi connectivity index (χ0n) is 12.2. The third-order valence-corrected chi connectivity index (χ3v) is 3.47. The van der Waals surface area contributed by atoms with Crippen molar-refractivity contribution in [2.45, 2.75) is 39.3 Å². The van der Waals surface area contributed by atoms with Crippen molar-refractivity contribution >= 4 is 0 Å². The zero-order valence-corrected chi connectivity index (χ0v) is 12.2. The molecule has 108 valence electrons. The van der Waals surface area contributed by atoms with Crippen molar-refractivity contribution in [1.82, 2.24) is 9.55 Å². The fraction of sp³-hybridized carbons (Fsp3) is 0.438. The molecule has 20 heavy (non-hydrogen) atoms. The van der Waals surface area contributed by atoms with Crippen LogP contribution in [0.5, 0.6) is 5.75 Å². The molecule has 0 aliphatic carbocycles. The van der Waals surface area contributed by atoms with Gasteiger partial charge < -0.3 is 15.0 Å². The van der Waals surface area contributed by atoms with Crippen molar-refractivity contribution < 1.29 is 4.74 Å². The number of imidazole rings is 1. The van der Waals surface area contributed by atoms with Gasteiger partial charge in [0.15, 0.2) is 0 Å². The normalized spacial score (nSPS) is 12.3. The van der Waals surface area contributed by atoms with E-state index >= 15 is 0 Å². The molecular formula is C16H23N3O. The molecule has 0 bridgehead atoms. The summed E-state index contributed by atoms with van der Waals surface area (Å²) in [5.41, 5.74) is 7.21. The van der Waals surface area contributed by atoms with Crippen LogP contribution in [0.2, 0.25) is 0 Å². The van der Waals surface area contributed by atoms with Crippen LogP contribution in [0.15, 0.2) is 36.7 Å². The second kappa shape index (κ2) is 7.10. The minimum atomic E-state index is 0.242. The molecule has 0 radical (unpaired) electrons. The number of nitrogens with zero attached hydrogens (tertiary/aromatic N) is 2. The molecule has 4 nitrogen and oxygen atoms in total. The third kappa shape index (κ3) is 4.10. The molecule has 1 atom stereocenters. The predicted molar refractivity (Wildman–Crippen MR) is 80.9 cm³/mol. The lowest BCUT2D eigenvalue weighted by Crippen LogP contribution is -2.21. The summed E-state index contributed by atoms with van der Waals surface area (Å²) < 4.78 is 7.82. The van der Waals surface area contributed by atoms with Gasteiger partial charge in [0, 0.05) is 18.4 Å². The van der Waals surface area contributed by atoms with E-state index in [4.69, 9.17) is 10.5 Å². The molecule has 0 aliphatic heterocycles. The second-order valence-electron chi connectivity index (χ2n) is 5.03. The van der Waals surface area contributed by atoms with E-state index in [1.165, 1.54) is 5.56 Å². The van der Waals surface area contributed by atoms with Gasteiger partial charge in [-0.2, -0.15) is 0 Å². The highest BCUT2D eigenvalue weighted by molar-refractivity contribution is 5.27. The van der Waals surface area contributed by atoms with Crippen LogP contribution in [-0.4, -0.2) is 22.2 Å². The van der Waals surface area contributed by atoms with Crippen LogP contribution in [0.4, 0.5) is 0 Å². The highest BCUT2D eigenvalue weighted by Crippen LogP contribution is 2.14. The summed E-state index contributed by atoms with van der Waals surface area (Å²) in [6.07, 6.45) is 5.70. The molecule has 2 N–H and O–H groups in total. The molecule has 2 aromatic rings. The average Bonchev–Trinajstić information content (AvgIpc) is 2.86. The van der Waals surface area contributed by atoms with Gasteiger partial charge in [-0.25, -0.2) is 4.98 Å². The van der Waals surface area contributed by atoms with Gasteiger partial charge in [0.05, 0.1) is 6.54 Å². The lowest BCUT2D eigenvalue weighted by Gasteiger charge is -2.11. The first kappa shape index (κ1) is 14.6. The molecule has 0 aliphatic rings. The van der Waals surface area contributed by atoms with Gasteiger partial charge in [-0.05, 0) is 37.5 Å². The smallest absolute Gasteiger partial charge is 0.119 e. The maximum absolute atomic E-state index is 5.95. The van der Waals surface area contributed by atoms with E-state index in [0.29, 0.717) is 6.61 Å². The number of hydrogen-bond donors (Lipinski definition) is 1. The van der Waals surface area contributed by atoms with Crippen molar-refractivity contribution in [3.05, 3.63) is 48.0 Å². The summed E-state index contributed by atoms with van der Waals surface area (Å²) in [5.74, 6) is 1.91. The van der Waals surface area contributed by atoms with E-state index in [1.54, 1.807) is 6.20 Å². The van der Waals surface area contributed by atoms with Gasteiger partial charge in [-0.15, -0.1) is 0 Å². The van der Waals surface area contributed by atoms with Gasteiger partial charge in [0.25, 0.3) is 0 Å². The standard InChI is InChI=1S/C16H23N3O/c1-3-15(17)12-14-4-6-16(7-5-14)20-11-10-19-9-8-18-13(19)2/h4-9,15H,3,10-12,17H2,1-2H3. The number of hydrogen-bond acceptors (Lipinski definition) is 3. The van der Waals surface area contributed by atoms with Crippen LogP contribution in [0, 0.1) is 6.92 Å². The summed E-state index contributed by atoms with van der Waals surface area (Å²) in [7, 11) is 0. The number of aryl methyl sites for hydroxylation is 1. The Labute approximate surface area is 120 Å². The van der Waals surface area contributed by atoms with E-state index in [0.717, 1.165) is 31.0 Å². The van der Waals surface area contributed by atoms with Crippen molar-refractivity contribution in [1.29, 1.82) is 0 Å².